The Kier molecular flexibility index (Phi) is 3.28. The Labute approximate surface area is 85.5 Å². The van der Waals surface area contributed by atoms with Gasteiger partial charge in [-0.05, 0) is 18.6 Å². The molecule has 0 saturated carbocycles. The molecule has 0 heterocycles. The molecule has 1 nitrogen and oxygen atoms in total. The zero-order chi connectivity index (χ0) is 10.0. The van der Waals surface area contributed by atoms with E-state index in [-0.39, 0.29) is 16.5 Å². The predicted octanol–water partition coefficient (Wildman–Crippen LogP) is 3.21. The Morgan fingerprint density at radius 3 is 2.69 bits per heavy atom. The Hall–Kier alpha value is -0.600. The molecule has 1 rings (SSSR count). The van der Waals surface area contributed by atoms with Crippen LogP contribution in [-0.4, -0.2) is 11.7 Å². The lowest BCUT2D eigenvalue weighted by Crippen LogP contribution is -2.06. The van der Waals surface area contributed by atoms with Crippen LogP contribution >= 0.6 is 23.2 Å². The maximum atomic E-state index is 13.3. The first-order valence-electron chi connectivity index (χ1n) is 3.61. The summed E-state index contributed by atoms with van der Waals surface area (Å²) >= 11 is 11.0. The van der Waals surface area contributed by atoms with Gasteiger partial charge in [-0.3, -0.25) is 4.79 Å². The fraction of sp³-hybridized carbons (Fsp3) is 0.222. The number of halogens is 3. The van der Waals surface area contributed by atoms with Gasteiger partial charge in [-0.15, -0.1) is 11.6 Å². The number of benzene rings is 1. The van der Waals surface area contributed by atoms with E-state index in [4.69, 9.17) is 23.2 Å². The smallest absolute Gasteiger partial charge is 0.182 e. The quantitative estimate of drug-likeness (QED) is 0.553. The van der Waals surface area contributed by atoms with Crippen LogP contribution in [0.1, 0.15) is 15.9 Å². The molecule has 0 radical (unpaired) electrons. The molecule has 0 aliphatic heterocycles. The zero-order valence-electron chi connectivity index (χ0n) is 6.90. The SMILES string of the molecule is Cc1ccc(Cl)c(C(=O)CCl)c1F. The summed E-state index contributed by atoms with van der Waals surface area (Å²) in [5, 5.41) is 0.105. The van der Waals surface area contributed by atoms with E-state index >= 15 is 0 Å². The summed E-state index contributed by atoms with van der Waals surface area (Å²) in [6, 6.07) is 3.00. The maximum absolute atomic E-state index is 13.3. The largest absolute Gasteiger partial charge is 0.293 e. The average molecular weight is 221 g/mol. The van der Waals surface area contributed by atoms with E-state index in [1.54, 1.807) is 6.92 Å². The van der Waals surface area contributed by atoms with Gasteiger partial charge in [0.25, 0.3) is 0 Å². The third-order valence-electron chi connectivity index (χ3n) is 1.68. The third-order valence-corrected chi connectivity index (χ3v) is 2.24. The molecule has 4 heteroatoms. The molecule has 0 amide bonds. The van der Waals surface area contributed by atoms with Crippen molar-refractivity contribution in [3.63, 3.8) is 0 Å². The van der Waals surface area contributed by atoms with Gasteiger partial charge in [0.05, 0.1) is 16.5 Å². The molecule has 0 saturated heterocycles. The van der Waals surface area contributed by atoms with Crippen LogP contribution in [0.5, 0.6) is 0 Å². The first-order chi connectivity index (χ1) is 6.07. The van der Waals surface area contributed by atoms with Crippen molar-refractivity contribution in [3.8, 4) is 0 Å². The molecule has 0 unspecified atom stereocenters. The van der Waals surface area contributed by atoms with Crippen LogP contribution in [0.4, 0.5) is 4.39 Å². The minimum Gasteiger partial charge on any atom is -0.293 e. The average Bonchev–Trinajstić information content (AvgIpc) is 2.12. The number of hydrogen-bond donors (Lipinski definition) is 0. The van der Waals surface area contributed by atoms with E-state index in [0.717, 1.165) is 0 Å². The van der Waals surface area contributed by atoms with Gasteiger partial charge < -0.3 is 0 Å². The molecular weight excluding hydrogens is 214 g/mol. The van der Waals surface area contributed by atoms with Crippen molar-refractivity contribution in [2.45, 2.75) is 6.92 Å². The molecule has 0 N–H and O–H groups in total. The van der Waals surface area contributed by atoms with Crippen molar-refractivity contribution < 1.29 is 9.18 Å². The van der Waals surface area contributed by atoms with Crippen LogP contribution in [0.2, 0.25) is 5.02 Å². The fourth-order valence-corrected chi connectivity index (χ4v) is 1.36. The second-order valence-corrected chi connectivity index (χ2v) is 3.28. The normalized spacial score (nSPS) is 10.2. The van der Waals surface area contributed by atoms with E-state index in [0.29, 0.717) is 5.56 Å². The number of Topliss-reactive ketones (excluding diaryl/α,β-unsaturated/α-hetero) is 1. The molecule has 0 bridgehead atoms. The molecule has 13 heavy (non-hydrogen) atoms. The molecule has 0 fully saturated rings. The van der Waals surface area contributed by atoms with E-state index in [9.17, 15) is 9.18 Å². The first kappa shape index (κ1) is 10.5. The van der Waals surface area contributed by atoms with E-state index in [1.807, 2.05) is 0 Å². The number of rotatable bonds is 2. The monoisotopic (exact) mass is 220 g/mol. The summed E-state index contributed by atoms with van der Waals surface area (Å²) in [6.45, 7) is 1.57. The van der Waals surface area contributed by atoms with Crippen molar-refractivity contribution >= 4 is 29.0 Å². The lowest BCUT2D eigenvalue weighted by Gasteiger charge is -2.04. The second-order valence-electron chi connectivity index (χ2n) is 2.61. The van der Waals surface area contributed by atoms with Crippen LogP contribution < -0.4 is 0 Å². The fourth-order valence-electron chi connectivity index (χ4n) is 0.979. The van der Waals surface area contributed by atoms with E-state index in [1.165, 1.54) is 12.1 Å². The lowest BCUT2D eigenvalue weighted by molar-refractivity contribution is 0.101. The molecule has 0 aromatic heterocycles. The van der Waals surface area contributed by atoms with Crippen LogP contribution in [0.3, 0.4) is 0 Å². The Balaban J connectivity index is 3.33. The standard InChI is InChI=1S/C9H7Cl2FO/c1-5-2-3-6(11)8(9(5)12)7(13)4-10/h2-3H,4H2,1H3. The minimum absolute atomic E-state index is 0.105. The summed E-state index contributed by atoms with van der Waals surface area (Å²) in [5.41, 5.74) is 0.273. The molecular formula is C9H7Cl2FO. The third kappa shape index (κ3) is 2.01. The summed E-state index contributed by atoms with van der Waals surface area (Å²) in [4.78, 5) is 11.2. The van der Waals surface area contributed by atoms with Gasteiger partial charge in [-0.1, -0.05) is 17.7 Å². The van der Waals surface area contributed by atoms with Gasteiger partial charge in [0, 0.05) is 0 Å². The number of carbonyl (C=O) groups is 1. The van der Waals surface area contributed by atoms with Gasteiger partial charge in [-0.25, -0.2) is 4.39 Å². The number of ketones is 1. The summed E-state index contributed by atoms with van der Waals surface area (Å²) in [7, 11) is 0. The molecule has 1 aromatic carbocycles. The minimum atomic E-state index is -0.585. The Morgan fingerprint density at radius 1 is 1.54 bits per heavy atom. The van der Waals surface area contributed by atoms with Crippen LogP contribution in [0.15, 0.2) is 12.1 Å². The number of alkyl halides is 1. The Bertz CT molecular complexity index is 350. The maximum Gasteiger partial charge on any atom is 0.182 e. The first-order valence-corrected chi connectivity index (χ1v) is 4.53. The van der Waals surface area contributed by atoms with Crippen molar-refractivity contribution in [3.05, 3.63) is 34.1 Å². The number of carbonyl (C=O) groups excluding carboxylic acids is 1. The van der Waals surface area contributed by atoms with Crippen LogP contribution in [0, 0.1) is 12.7 Å². The number of hydrogen-bond acceptors (Lipinski definition) is 1. The highest BCUT2D eigenvalue weighted by Crippen LogP contribution is 2.22. The predicted molar refractivity (Wildman–Crippen MR) is 51.2 cm³/mol. The number of aryl methyl sites for hydroxylation is 1. The van der Waals surface area contributed by atoms with Gasteiger partial charge >= 0.3 is 0 Å². The molecule has 0 atom stereocenters. The van der Waals surface area contributed by atoms with E-state index < -0.39 is 11.6 Å². The van der Waals surface area contributed by atoms with Gasteiger partial charge in [0.15, 0.2) is 5.78 Å². The summed E-state index contributed by atoms with van der Waals surface area (Å²) in [5.74, 6) is -1.34. The molecule has 0 aliphatic rings. The van der Waals surface area contributed by atoms with Crippen molar-refractivity contribution in [1.29, 1.82) is 0 Å². The second kappa shape index (κ2) is 4.07. The summed E-state index contributed by atoms with van der Waals surface area (Å²) in [6.07, 6.45) is 0. The molecule has 70 valence electrons. The van der Waals surface area contributed by atoms with Gasteiger partial charge in [-0.2, -0.15) is 0 Å². The van der Waals surface area contributed by atoms with E-state index in [2.05, 4.69) is 0 Å². The van der Waals surface area contributed by atoms with Crippen molar-refractivity contribution in [2.24, 2.45) is 0 Å². The highest BCUT2D eigenvalue weighted by molar-refractivity contribution is 6.37. The van der Waals surface area contributed by atoms with Crippen LogP contribution in [0.25, 0.3) is 0 Å². The molecule has 0 aliphatic carbocycles. The van der Waals surface area contributed by atoms with Crippen molar-refractivity contribution in [2.75, 3.05) is 5.88 Å². The highest BCUT2D eigenvalue weighted by atomic mass is 35.5. The van der Waals surface area contributed by atoms with Crippen LogP contribution in [-0.2, 0) is 0 Å². The Morgan fingerprint density at radius 2 is 2.15 bits per heavy atom. The van der Waals surface area contributed by atoms with Gasteiger partial charge in [0.1, 0.15) is 5.82 Å². The highest BCUT2D eigenvalue weighted by Gasteiger charge is 2.16. The molecule has 0 spiro atoms. The summed E-state index contributed by atoms with van der Waals surface area (Å²) < 4.78 is 13.3. The van der Waals surface area contributed by atoms with Gasteiger partial charge in [0.2, 0.25) is 0 Å². The lowest BCUT2D eigenvalue weighted by atomic mass is 10.1. The van der Waals surface area contributed by atoms with Crippen molar-refractivity contribution in [1.82, 2.24) is 0 Å². The topological polar surface area (TPSA) is 17.1 Å². The molecule has 1 aromatic rings. The zero-order valence-corrected chi connectivity index (χ0v) is 8.42.